The van der Waals surface area contributed by atoms with Crippen molar-refractivity contribution in [2.75, 3.05) is 0 Å². The van der Waals surface area contributed by atoms with Crippen LogP contribution in [0.4, 0.5) is 0 Å². The molecule has 3 N–H and O–H groups in total. The van der Waals surface area contributed by atoms with Crippen LogP contribution in [0.1, 0.15) is 15.9 Å². The summed E-state index contributed by atoms with van der Waals surface area (Å²) in [6.07, 6.45) is 1.65. The first-order chi connectivity index (χ1) is 14.5. The number of halogens is 1. The molecule has 0 radical (unpaired) electrons. The highest BCUT2D eigenvalue weighted by Crippen LogP contribution is 2.34. The number of carboxylic acid groups (broad SMARTS) is 1. The molecule has 3 aromatic carbocycles. The van der Waals surface area contributed by atoms with Crippen molar-refractivity contribution in [1.82, 2.24) is 19.9 Å². The summed E-state index contributed by atoms with van der Waals surface area (Å²) in [5, 5.41) is 9.86. The van der Waals surface area contributed by atoms with Gasteiger partial charge in [-0.25, -0.2) is 9.78 Å². The van der Waals surface area contributed by atoms with E-state index in [2.05, 4.69) is 19.9 Å². The van der Waals surface area contributed by atoms with Crippen molar-refractivity contribution >= 4 is 39.6 Å². The maximum absolute atomic E-state index is 11.3. The van der Waals surface area contributed by atoms with E-state index in [0.717, 1.165) is 22.2 Å². The number of H-pyrrole nitrogens is 2. The van der Waals surface area contributed by atoms with Crippen LogP contribution in [-0.2, 0) is 0 Å². The number of benzene rings is 3. The van der Waals surface area contributed by atoms with Gasteiger partial charge in [-0.15, -0.1) is 0 Å². The summed E-state index contributed by atoms with van der Waals surface area (Å²) >= 11 is 6.53. The molecule has 0 bridgehead atoms. The average Bonchev–Trinajstić information content (AvgIpc) is 3.33. The number of ether oxygens (including phenoxy) is 1. The highest BCUT2D eigenvalue weighted by Gasteiger charge is 2.13. The zero-order valence-corrected chi connectivity index (χ0v) is 16.5. The highest BCUT2D eigenvalue weighted by atomic mass is 35.5. The van der Waals surface area contributed by atoms with Gasteiger partial charge >= 0.3 is 5.97 Å². The summed E-state index contributed by atoms with van der Waals surface area (Å²) in [6.45, 7) is 1.73. The maximum atomic E-state index is 11.3. The van der Waals surface area contributed by atoms with E-state index in [4.69, 9.17) is 16.3 Å². The Morgan fingerprint density at radius 2 is 1.93 bits per heavy atom. The largest absolute Gasteiger partial charge is 0.478 e. The van der Waals surface area contributed by atoms with Gasteiger partial charge in [0.2, 0.25) is 0 Å². The average molecular weight is 419 g/mol. The second-order valence-corrected chi connectivity index (χ2v) is 7.32. The third-order valence-electron chi connectivity index (χ3n) is 4.93. The van der Waals surface area contributed by atoms with Gasteiger partial charge in [0, 0.05) is 5.56 Å². The summed E-state index contributed by atoms with van der Waals surface area (Å²) in [7, 11) is 0. The van der Waals surface area contributed by atoms with Gasteiger partial charge in [0.1, 0.15) is 5.75 Å². The Hall–Kier alpha value is -3.84. The molecule has 2 aromatic heterocycles. The fourth-order valence-corrected chi connectivity index (χ4v) is 3.66. The summed E-state index contributed by atoms with van der Waals surface area (Å²) < 4.78 is 5.76. The van der Waals surface area contributed by atoms with Crippen LogP contribution in [0.15, 0.2) is 54.9 Å². The fraction of sp³-hybridized carbons (Fsp3) is 0.0455. The van der Waals surface area contributed by atoms with E-state index in [0.29, 0.717) is 27.4 Å². The number of rotatable bonds is 4. The molecule has 0 aliphatic carbocycles. The van der Waals surface area contributed by atoms with Gasteiger partial charge in [-0.1, -0.05) is 23.7 Å². The first-order valence-corrected chi connectivity index (χ1v) is 9.50. The smallest absolute Gasteiger partial charge is 0.336 e. The molecule has 7 nitrogen and oxygen atoms in total. The van der Waals surface area contributed by atoms with Gasteiger partial charge in [-0.3, -0.25) is 0 Å². The van der Waals surface area contributed by atoms with E-state index in [1.807, 2.05) is 24.3 Å². The van der Waals surface area contributed by atoms with Gasteiger partial charge in [0.15, 0.2) is 0 Å². The van der Waals surface area contributed by atoms with Gasteiger partial charge in [-0.2, -0.15) is 4.98 Å². The number of aromatic nitrogens is 4. The number of hydrogen-bond acceptors (Lipinski definition) is 4. The second-order valence-electron chi connectivity index (χ2n) is 6.91. The van der Waals surface area contributed by atoms with Crippen LogP contribution in [-0.4, -0.2) is 31.0 Å². The number of aromatic carboxylic acids is 1. The van der Waals surface area contributed by atoms with Crippen molar-refractivity contribution in [1.29, 1.82) is 0 Å². The van der Waals surface area contributed by atoms with E-state index >= 15 is 0 Å². The monoisotopic (exact) mass is 418 g/mol. The number of aromatic amines is 2. The van der Waals surface area contributed by atoms with Crippen molar-refractivity contribution in [2.45, 2.75) is 6.92 Å². The molecule has 0 aliphatic rings. The number of nitrogens with one attached hydrogen (secondary N) is 2. The van der Waals surface area contributed by atoms with E-state index in [9.17, 15) is 9.90 Å². The lowest BCUT2D eigenvalue weighted by atomic mass is 10.0. The molecule has 0 saturated carbocycles. The summed E-state index contributed by atoms with van der Waals surface area (Å²) in [4.78, 5) is 26.2. The zero-order chi connectivity index (χ0) is 20.8. The molecule has 0 fully saturated rings. The van der Waals surface area contributed by atoms with E-state index in [-0.39, 0.29) is 11.6 Å². The SMILES string of the molecule is Cc1ccc(Oc2nc3cc(-c4ccc5nc[nH]c5c4)c(Cl)cc3[nH]2)cc1C(=O)O. The molecule has 0 spiro atoms. The van der Waals surface area contributed by atoms with Gasteiger partial charge in [0.05, 0.1) is 39.0 Å². The molecular formula is C22H15ClN4O3. The van der Waals surface area contributed by atoms with Crippen molar-refractivity contribution in [2.24, 2.45) is 0 Å². The van der Waals surface area contributed by atoms with Crippen LogP contribution in [0, 0.1) is 6.92 Å². The van der Waals surface area contributed by atoms with E-state index < -0.39 is 5.97 Å². The number of imidazole rings is 2. The Morgan fingerprint density at radius 1 is 1.07 bits per heavy atom. The molecular weight excluding hydrogens is 404 g/mol. The maximum Gasteiger partial charge on any atom is 0.336 e. The minimum atomic E-state index is -1.01. The fourth-order valence-electron chi connectivity index (χ4n) is 3.39. The quantitative estimate of drug-likeness (QED) is 0.354. The number of fused-ring (bicyclic) bond motifs is 2. The minimum absolute atomic E-state index is 0.183. The van der Waals surface area contributed by atoms with Crippen molar-refractivity contribution in [3.63, 3.8) is 0 Å². The topological polar surface area (TPSA) is 104 Å². The molecule has 2 heterocycles. The van der Waals surface area contributed by atoms with Crippen LogP contribution < -0.4 is 4.74 Å². The molecule has 30 heavy (non-hydrogen) atoms. The normalized spacial score (nSPS) is 11.3. The van der Waals surface area contributed by atoms with Crippen LogP contribution in [0.2, 0.25) is 5.02 Å². The summed E-state index contributed by atoms with van der Waals surface area (Å²) in [6, 6.07) is 14.7. The lowest BCUT2D eigenvalue weighted by Gasteiger charge is -2.05. The summed E-state index contributed by atoms with van der Waals surface area (Å²) in [5.41, 5.74) is 5.81. The summed E-state index contributed by atoms with van der Waals surface area (Å²) in [5.74, 6) is -0.624. The van der Waals surface area contributed by atoms with Crippen molar-refractivity contribution < 1.29 is 14.6 Å². The molecule has 148 valence electrons. The molecule has 0 unspecified atom stereocenters. The standard InChI is InChI=1S/C22H15ClN4O3/c1-11-2-4-13(7-14(11)21(28)29)30-22-26-19-8-15(16(23)9-20(19)27-22)12-3-5-17-18(6-12)25-10-24-17/h2-10H,1H3,(H,24,25)(H,26,27)(H,28,29). The van der Waals surface area contributed by atoms with Crippen LogP contribution in [0.25, 0.3) is 33.2 Å². The first kappa shape index (κ1) is 18.2. The third kappa shape index (κ3) is 3.15. The number of hydrogen-bond donors (Lipinski definition) is 3. The van der Waals surface area contributed by atoms with E-state index in [1.165, 1.54) is 6.07 Å². The number of aryl methyl sites for hydroxylation is 1. The van der Waals surface area contributed by atoms with Crippen LogP contribution in [0.5, 0.6) is 11.8 Å². The molecule has 5 rings (SSSR count). The molecule has 0 saturated heterocycles. The van der Waals surface area contributed by atoms with Gasteiger partial charge in [-0.05, 0) is 54.4 Å². The third-order valence-corrected chi connectivity index (χ3v) is 5.25. The predicted molar refractivity (Wildman–Crippen MR) is 114 cm³/mol. The predicted octanol–water partition coefficient (Wildman–Crippen LogP) is 5.56. The molecule has 5 aromatic rings. The molecule has 0 aliphatic heterocycles. The van der Waals surface area contributed by atoms with Gasteiger partial charge < -0.3 is 19.8 Å². The van der Waals surface area contributed by atoms with Gasteiger partial charge in [0.25, 0.3) is 6.01 Å². The minimum Gasteiger partial charge on any atom is -0.478 e. The lowest BCUT2D eigenvalue weighted by Crippen LogP contribution is -2.00. The lowest BCUT2D eigenvalue weighted by molar-refractivity contribution is 0.0695. The van der Waals surface area contributed by atoms with Crippen LogP contribution >= 0.6 is 11.6 Å². The number of nitrogens with zero attached hydrogens (tertiary/aromatic N) is 2. The molecule has 0 atom stereocenters. The Balaban J connectivity index is 1.52. The Morgan fingerprint density at radius 3 is 2.77 bits per heavy atom. The Labute approximate surface area is 175 Å². The Bertz CT molecular complexity index is 1440. The first-order valence-electron chi connectivity index (χ1n) is 9.12. The van der Waals surface area contributed by atoms with Crippen molar-refractivity contribution in [3.05, 3.63) is 71.0 Å². The zero-order valence-electron chi connectivity index (χ0n) is 15.7. The molecule has 0 amide bonds. The number of carboxylic acids is 1. The van der Waals surface area contributed by atoms with Crippen LogP contribution in [0.3, 0.4) is 0 Å². The van der Waals surface area contributed by atoms with E-state index in [1.54, 1.807) is 31.5 Å². The Kier molecular flexibility index (Phi) is 4.18. The highest BCUT2D eigenvalue weighted by molar-refractivity contribution is 6.34. The number of carbonyl (C=O) groups is 1. The van der Waals surface area contributed by atoms with Crippen molar-refractivity contribution in [3.8, 4) is 22.9 Å². The second kappa shape index (κ2) is 6.89. The molecule has 8 heteroatoms.